The number of pyridine rings is 1. The highest BCUT2D eigenvalue weighted by Crippen LogP contribution is 2.22. The van der Waals surface area contributed by atoms with E-state index >= 15 is 0 Å². The molecule has 0 aliphatic heterocycles. The van der Waals surface area contributed by atoms with Gasteiger partial charge in [0.1, 0.15) is 11.5 Å². The number of benzene rings is 1. The third-order valence-electron chi connectivity index (χ3n) is 2.68. The van der Waals surface area contributed by atoms with Crippen molar-refractivity contribution in [1.29, 1.82) is 0 Å². The summed E-state index contributed by atoms with van der Waals surface area (Å²) in [7, 11) is 0. The Labute approximate surface area is 105 Å². The molecule has 0 saturated heterocycles. The highest BCUT2D eigenvalue weighted by Gasteiger charge is 2.10. The Morgan fingerprint density at radius 1 is 1.11 bits per heavy atom. The molecule has 0 fully saturated rings. The van der Waals surface area contributed by atoms with Gasteiger partial charge >= 0.3 is 0 Å². The largest absolute Gasteiger partial charge is 0.375 e. The lowest BCUT2D eigenvalue weighted by atomic mass is 10.2. The minimum atomic E-state index is -0.592. The Bertz CT molecular complexity index is 568. The van der Waals surface area contributed by atoms with Crippen molar-refractivity contribution in [2.24, 2.45) is 0 Å². The van der Waals surface area contributed by atoms with Crippen LogP contribution in [0.25, 0.3) is 0 Å². The van der Waals surface area contributed by atoms with Crippen molar-refractivity contribution in [3.8, 4) is 0 Å². The van der Waals surface area contributed by atoms with Gasteiger partial charge in [-0.25, -0.2) is 8.78 Å². The van der Waals surface area contributed by atoms with Crippen molar-refractivity contribution in [3.63, 3.8) is 0 Å². The average molecular weight is 248 g/mol. The summed E-state index contributed by atoms with van der Waals surface area (Å²) >= 11 is 0. The number of halogens is 2. The second kappa shape index (κ2) is 5.12. The molecule has 0 aliphatic carbocycles. The predicted molar refractivity (Wildman–Crippen MR) is 67.4 cm³/mol. The number of aryl methyl sites for hydroxylation is 2. The fourth-order valence-electron chi connectivity index (χ4n) is 1.70. The maximum absolute atomic E-state index is 13.7. The number of anilines is 1. The van der Waals surface area contributed by atoms with Crippen LogP contribution in [0.1, 0.15) is 17.0 Å². The van der Waals surface area contributed by atoms with E-state index in [1.54, 1.807) is 6.92 Å². The summed E-state index contributed by atoms with van der Waals surface area (Å²) in [5.74, 6) is -1.14. The van der Waals surface area contributed by atoms with Crippen molar-refractivity contribution in [1.82, 2.24) is 4.98 Å². The van der Waals surface area contributed by atoms with Crippen molar-refractivity contribution in [3.05, 3.63) is 58.9 Å². The van der Waals surface area contributed by atoms with Gasteiger partial charge in [-0.3, -0.25) is 4.98 Å². The van der Waals surface area contributed by atoms with Gasteiger partial charge in [0, 0.05) is 5.69 Å². The van der Waals surface area contributed by atoms with Gasteiger partial charge in [0.25, 0.3) is 0 Å². The monoisotopic (exact) mass is 248 g/mol. The Morgan fingerprint density at radius 3 is 2.61 bits per heavy atom. The number of nitrogens with one attached hydrogen (secondary N) is 1. The Balaban J connectivity index is 2.18. The molecule has 0 unspecified atom stereocenters. The quantitative estimate of drug-likeness (QED) is 0.897. The third kappa shape index (κ3) is 2.64. The van der Waals surface area contributed by atoms with Gasteiger partial charge in [0.15, 0.2) is 5.82 Å². The average Bonchev–Trinajstić information content (AvgIpc) is 2.34. The van der Waals surface area contributed by atoms with Crippen LogP contribution in [0.15, 0.2) is 30.3 Å². The first kappa shape index (κ1) is 12.5. The van der Waals surface area contributed by atoms with Crippen molar-refractivity contribution in [2.45, 2.75) is 20.4 Å². The van der Waals surface area contributed by atoms with Crippen LogP contribution in [0.3, 0.4) is 0 Å². The molecular weight excluding hydrogens is 234 g/mol. The first-order valence-corrected chi connectivity index (χ1v) is 5.69. The standard InChI is InChI=1S/C14H14F2N2/c1-9-6-7-12(15)14(13(9)16)17-8-11-5-3-4-10(2)18-11/h3-7,17H,8H2,1-2H3. The molecule has 0 radical (unpaired) electrons. The number of rotatable bonds is 3. The molecule has 2 aromatic rings. The Hall–Kier alpha value is -1.97. The highest BCUT2D eigenvalue weighted by atomic mass is 19.1. The molecule has 18 heavy (non-hydrogen) atoms. The summed E-state index contributed by atoms with van der Waals surface area (Å²) in [6.07, 6.45) is 0. The van der Waals surface area contributed by atoms with Crippen molar-refractivity contribution < 1.29 is 8.78 Å². The zero-order valence-electron chi connectivity index (χ0n) is 10.3. The fraction of sp³-hybridized carbons (Fsp3) is 0.214. The van der Waals surface area contributed by atoms with E-state index in [1.165, 1.54) is 12.1 Å². The highest BCUT2D eigenvalue weighted by molar-refractivity contribution is 5.49. The normalized spacial score (nSPS) is 10.4. The maximum Gasteiger partial charge on any atom is 0.152 e. The van der Waals surface area contributed by atoms with Gasteiger partial charge in [0.05, 0.1) is 12.2 Å². The number of hydrogen-bond acceptors (Lipinski definition) is 2. The van der Waals surface area contributed by atoms with Gasteiger partial charge in [-0.05, 0) is 37.6 Å². The predicted octanol–water partition coefficient (Wildman–Crippen LogP) is 3.59. The molecule has 4 heteroatoms. The van der Waals surface area contributed by atoms with E-state index in [4.69, 9.17) is 0 Å². The van der Waals surface area contributed by atoms with E-state index in [0.29, 0.717) is 12.1 Å². The molecule has 0 spiro atoms. The van der Waals surface area contributed by atoms with E-state index in [2.05, 4.69) is 10.3 Å². The van der Waals surface area contributed by atoms with Crippen LogP contribution in [0.2, 0.25) is 0 Å². The number of hydrogen-bond donors (Lipinski definition) is 1. The van der Waals surface area contributed by atoms with Crippen LogP contribution in [0, 0.1) is 25.5 Å². The first-order valence-electron chi connectivity index (χ1n) is 5.69. The zero-order valence-corrected chi connectivity index (χ0v) is 10.3. The van der Waals surface area contributed by atoms with Crippen LogP contribution < -0.4 is 5.32 Å². The van der Waals surface area contributed by atoms with E-state index in [1.807, 2.05) is 25.1 Å². The lowest BCUT2D eigenvalue weighted by Gasteiger charge is -2.10. The number of aromatic nitrogens is 1. The van der Waals surface area contributed by atoms with Crippen LogP contribution in [0.4, 0.5) is 14.5 Å². The van der Waals surface area contributed by atoms with Gasteiger partial charge in [-0.2, -0.15) is 0 Å². The Morgan fingerprint density at radius 2 is 1.89 bits per heavy atom. The van der Waals surface area contributed by atoms with E-state index in [0.717, 1.165) is 11.4 Å². The molecule has 1 N–H and O–H groups in total. The van der Waals surface area contributed by atoms with Crippen LogP contribution >= 0.6 is 0 Å². The third-order valence-corrected chi connectivity index (χ3v) is 2.68. The lowest BCUT2D eigenvalue weighted by molar-refractivity contribution is 0.582. The van der Waals surface area contributed by atoms with E-state index in [-0.39, 0.29) is 5.69 Å². The molecule has 0 atom stereocenters. The Kier molecular flexibility index (Phi) is 3.55. The van der Waals surface area contributed by atoms with Crippen LogP contribution in [-0.2, 0) is 6.54 Å². The van der Waals surface area contributed by atoms with Crippen molar-refractivity contribution in [2.75, 3.05) is 5.32 Å². The van der Waals surface area contributed by atoms with Crippen LogP contribution in [0.5, 0.6) is 0 Å². The van der Waals surface area contributed by atoms with Gasteiger partial charge in [-0.1, -0.05) is 12.1 Å². The summed E-state index contributed by atoms with van der Waals surface area (Å²) < 4.78 is 27.2. The smallest absolute Gasteiger partial charge is 0.152 e. The summed E-state index contributed by atoms with van der Waals surface area (Å²) in [5.41, 5.74) is 1.93. The molecule has 0 amide bonds. The van der Waals surface area contributed by atoms with Gasteiger partial charge in [-0.15, -0.1) is 0 Å². The zero-order chi connectivity index (χ0) is 13.1. The van der Waals surface area contributed by atoms with E-state index in [9.17, 15) is 8.78 Å². The molecule has 0 aliphatic rings. The molecule has 1 aromatic carbocycles. The summed E-state index contributed by atoms with van der Waals surface area (Å²) in [4.78, 5) is 4.26. The lowest BCUT2D eigenvalue weighted by Crippen LogP contribution is -2.06. The molecule has 0 saturated carbocycles. The summed E-state index contributed by atoms with van der Waals surface area (Å²) in [5, 5.41) is 2.75. The molecule has 94 valence electrons. The van der Waals surface area contributed by atoms with Gasteiger partial charge in [0.2, 0.25) is 0 Å². The minimum Gasteiger partial charge on any atom is -0.375 e. The van der Waals surface area contributed by atoms with Gasteiger partial charge < -0.3 is 5.32 Å². The summed E-state index contributed by atoms with van der Waals surface area (Å²) in [6, 6.07) is 8.22. The van der Waals surface area contributed by atoms with E-state index < -0.39 is 11.6 Å². The first-order chi connectivity index (χ1) is 8.58. The molecule has 2 rings (SSSR count). The minimum absolute atomic E-state index is 0.0988. The molecule has 1 aromatic heterocycles. The second-order valence-electron chi connectivity index (χ2n) is 4.18. The van der Waals surface area contributed by atoms with Crippen LogP contribution in [-0.4, -0.2) is 4.98 Å². The molecule has 2 nitrogen and oxygen atoms in total. The molecule has 1 heterocycles. The molecule has 0 bridgehead atoms. The van der Waals surface area contributed by atoms with Crippen molar-refractivity contribution >= 4 is 5.69 Å². The second-order valence-corrected chi connectivity index (χ2v) is 4.18. The SMILES string of the molecule is Cc1cccc(CNc2c(F)ccc(C)c2F)n1. The number of nitrogens with zero attached hydrogens (tertiary/aromatic N) is 1. The molecular formula is C14H14F2N2. The fourth-order valence-corrected chi connectivity index (χ4v) is 1.70. The topological polar surface area (TPSA) is 24.9 Å². The summed E-state index contributed by atoms with van der Waals surface area (Å²) in [6.45, 7) is 3.77. The maximum atomic E-state index is 13.7.